The predicted molar refractivity (Wildman–Crippen MR) is 184 cm³/mol. The first kappa shape index (κ1) is 40.8. The number of carboxylic acid groups (broad SMARTS) is 1. The highest BCUT2D eigenvalue weighted by Crippen LogP contribution is 2.42. The fourth-order valence-electron chi connectivity index (χ4n) is 9.35. The van der Waals surface area contributed by atoms with Crippen LogP contribution in [0.2, 0.25) is 0 Å². The van der Waals surface area contributed by atoms with Gasteiger partial charge in [0, 0.05) is 39.2 Å². The monoisotopic (exact) mass is 701 g/mol. The van der Waals surface area contributed by atoms with Gasteiger partial charge in [-0.25, -0.2) is 0 Å². The number of hydrogen-bond donors (Lipinski definition) is 8. The van der Waals surface area contributed by atoms with Crippen molar-refractivity contribution in [1.82, 2.24) is 10.6 Å². The Morgan fingerprint density at radius 1 is 0.939 bits per heavy atom. The predicted octanol–water partition coefficient (Wildman–Crippen LogP) is 1.37. The molecule has 13 heteroatoms. The maximum Gasteiger partial charge on any atom is 0.303 e. The van der Waals surface area contributed by atoms with Crippen LogP contribution in [0.1, 0.15) is 90.4 Å². The minimum absolute atomic E-state index is 0.0162. The van der Waals surface area contributed by atoms with Crippen LogP contribution in [-0.2, 0) is 23.7 Å². The second kappa shape index (κ2) is 20.3. The molecule has 0 spiro atoms. The Balaban J connectivity index is 1.44. The Labute approximate surface area is 293 Å². The summed E-state index contributed by atoms with van der Waals surface area (Å²) in [4.78, 5) is 12.0. The van der Waals surface area contributed by atoms with Gasteiger partial charge in [0.15, 0.2) is 0 Å². The molecular formula is C36H67N3O10. The zero-order valence-corrected chi connectivity index (χ0v) is 30.0. The van der Waals surface area contributed by atoms with Crippen molar-refractivity contribution in [1.29, 1.82) is 0 Å². The van der Waals surface area contributed by atoms with Crippen molar-refractivity contribution >= 4 is 5.97 Å². The molecule has 4 fully saturated rings. The lowest BCUT2D eigenvalue weighted by Crippen LogP contribution is -2.55. The highest BCUT2D eigenvalue weighted by atomic mass is 16.5. The SMILES string of the molecule is CCNC(COC1CC(C2OC(CCC3CCC(O)C(OC)C3)CC(O)C2CCO)CC(OC)C1O)C(CC(=O)O)CC1CCNC(N)C1. The summed E-state index contributed by atoms with van der Waals surface area (Å²) in [6.45, 7) is 3.64. The molecule has 15 atom stereocenters. The van der Waals surface area contributed by atoms with Crippen LogP contribution in [0.5, 0.6) is 0 Å². The van der Waals surface area contributed by atoms with Crippen molar-refractivity contribution < 1.29 is 49.3 Å². The Morgan fingerprint density at radius 3 is 2.37 bits per heavy atom. The highest BCUT2D eigenvalue weighted by Gasteiger charge is 2.47. The van der Waals surface area contributed by atoms with Gasteiger partial charge in [0.25, 0.3) is 0 Å². The molecule has 0 aromatic carbocycles. The van der Waals surface area contributed by atoms with E-state index in [4.69, 9.17) is 24.7 Å². The van der Waals surface area contributed by atoms with Gasteiger partial charge in [0.1, 0.15) is 6.10 Å². The van der Waals surface area contributed by atoms with Gasteiger partial charge < -0.3 is 60.8 Å². The summed E-state index contributed by atoms with van der Waals surface area (Å²) < 4.78 is 24.6. The van der Waals surface area contributed by atoms with E-state index in [9.17, 15) is 30.3 Å². The second-order valence-corrected chi connectivity index (χ2v) is 15.4. The van der Waals surface area contributed by atoms with Crippen LogP contribution in [0, 0.1) is 29.6 Å². The number of likely N-dealkylation sites (N-methyl/N-ethyl adjacent to an activating group) is 1. The Kier molecular flexibility index (Phi) is 16.9. The van der Waals surface area contributed by atoms with Crippen molar-refractivity contribution in [3.05, 3.63) is 0 Å². The lowest BCUT2D eigenvalue weighted by Gasteiger charge is -2.48. The van der Waals surface area contributed by atoms with Gasteiger partial charge in [-0.2, -0.15) is 0 Å². The number of aliphatic hydroxyl groups is 4. The third kappa shape index (κ3) is 11.8. The van der Waals surface area contributed by atoms with Crippen molar-refractivity contribution in [2.24, 2.45) is 35.3 Å². The molecule has 2 saturated carbocycles. The molecule has 2 aliphatic heterocycles. The van der Waals surface area contributed by atoms with Crippen molar-refractivity contribution in [3.8, 4) is 0 Å². The van der Waals surface area contributed by atoms with E-state index in [1.54, 1.807) is 14.2 Å². The summed E-state index contributed by atoms with van der Waals surface area (Å²) in [6, 6.07) is -0.223. The first-order valence-electron chi connectivity index (χ1n) is 19.0. The number of methoxy groups -OCH3 is 2. The quantitative estimate of drug-likeness (QED) is 0.102. The summed E-state index contributed by atoms with van der Waals surface area (Å²) in [7, 11) is 3.23. The lowest BCUT2D eigenvalue weighted by atomic mass is 9.72. The number of nitrogens with two attached hydrogens (primary N) is 1. The van der Waals surface area contributed by atoms with Gasteiger partial charge in [-0.3, -0.25) is 4.79 Å². The number of piperidine rings is 1. The molecule has 0 amide bonds. The standard InChI is InChI=1S/C36H67N3O10/c1-4-38-27(23(18-34(43)44)13-22-9-11-39-33(37)15-22)20-48-32-17-24(16-31(47-3)35(32)45)36-26(10-12-40)29(42)19-25(49-36)7-5-21-6-8-28(41)30(14-21)46-2/h21-33,35-36,38-42,45H,4-20,37H2,1-3H3,(H,43,44). The van der Waals surface area contributed by atoms with Gasteiger partial charge in [-0.1, -0.05) is 6.92 Å². The zero-order valence-electron chi connectivity index (χ0n) is 30.0. The van der Waals surface area contributed by atoms with E-state index in [1.165, 1.54) is 0 Å². The summed E-state index contributed by atoms with van der Waals surface area (Å²) in [6.07, 6.45) is 4.91. The van der Waals surface area contributed by atoms with Gasteiger partial charge in [-0.05, 0) is 114 Å². The Morgan fingerprint density at radius 2 is 1.69 bits per heavy atom. The summed E-state index contributed by atoms with van der Waals surface area (Å²) >= 11 is 0. The largest absolute Gasteiger partial charge is 0.481 e. The number of carbonyl (C=O) groups is 1. The van der Waals surface area contributed by atoms with E-state index in [1.807, 2.05) is 6.92 Å². The fraction of sp³-hybridized carbons (Fsp3) is 0.972. The highest BCUT2D eigenvalue weighted by molar-refractivity contribution is 5.67. The molecule has 13 nitrogen and oxygen atoms in total. The minimum Gasteiger partial charge on any atom is -0.481 e. The van der Waals surface area contributed by atoms with Gasteiger partial charge in [0.2, 0.25) is 0 Å². The molecule has 0 aromatic rings. The summed E-state index contributed by atoms with van der Waals surface area (Å²) in [5.41, 5.74) is 6.16. The second-order valence-electron chi connectivity index (χ2n) is 15.4. The van der Waals surface area contributed by atoms with Crippen LogP contribution < -0.4 is 16.4 Å². The molecule has 286 valence electrons. The van der Waals surface area contributed by atoms with E-state index in [-0.39, 0.29) is 67.9 Å². The lowest BCUT2D eigenvalue weighted by molar-refractivity contribution is -0.199. The molecule has 0 radical (unpaired) electrons. The van der Waals surface area contributed by atoms with Crippen LogP contribution in [0.25, 0.3) is 0 Å². The normalized spacial score (nSPS) is 40.1. The third-order valence-corrected chi connectivity index (χ3v) is 12.0. The smallest absolute Gasteiger partial charge is 0.303 e. The number of aliphatic carboxylic acids is 1. The zero-order chi connectivity index (χ0) is 35.5. The maximum atomic E-state index is 12.0. The number of carboxylic acids is 1. The van der Waals surface area contributed by atoms with Gasteiger partial charge in [0.05, 0.1) is 55.5 Å². The topological polar surface area (TPSA) is 205 Å². The van der Waals surface area contributed by atoms with E-state index >= 15 is 0 Å². The fourth-order valence-corrected chi connectivity index (χ4v) is 9.35. The molecule has 0 aromatic heterocycles. The van der Waals surface area contributed by atoms with Gasteiger partial charge >= 0.3 is 5.97 Å². The molecule has 49 heavy (non-hydrogen) atoms. The molecule has 4 aliphatic rings. The van der Waals surface area contributed by atoms with Crippen LogP contribution in [0.3, 0.4) is 0 Å². The van der Waals surface area contributed by atoms with Crippen LogP contribution >= 0.6 is 0 Å². The average molecular weight is 702 g/mol. The molecule has 2 aliphatic carbocycles. The minimum atomic E-state index is -0.875. The van der Waals surface area contributed by atoms with Crippen molar-refractivity contribution in [3.63, 3.8) is 0 Å². The number of aliphatic hydroxyl groups excluding tert-OH is 4. The van der Waals surface area contributed by atoms with Crippen LogP contribution in [0.4, 0.5) is 0 Å². The number of nitrogens with one attached hydrogen (secondary N) is 2. The Hall–Kier alpha value is -0.970. The number of ether oxygens (including phenoxy) is 4. The maximum absolute atomic E-state index is 12.0. The first-order valence-corrected chi connectivity index (χ1v) is 19.0. The average Bonchev–Trinajstić information content (AvgIpc) is 3.07. The van der Waals surface area contributed by atoms with Gasteiger partial charge in [-0.15, -0.1) is 0 Å². The van der Waals surface area contributed by atoms with Crippen molar-refractivity contribution in [2.75, 3.05) is 40.5 Å². The van der Waals surface area contributed by atoms with E-state index < -0.39 is 36.5 Å². The van der Waals surface area contributed by atoms with Crippen molar-refractivity contribution in [2.45, 2.75) is 151 Å². The molecule has 2 heterocycles. The number of rotatable bonds is 18. The van der Waals surface area contributed by atoms with Crippen LogP contribution in [-0.4, -0.2) is 133 Å². The van der Waals surface area contributed by atoms with Crippen LogP contribution in [0.15, 0.2) is 0 Å². The third-order valence-electron chi connectivity index (χ3n) is 12.0. The molecule has 15 unspecified atom stereocenters. The molecule has 4 rings (SSSR count). The van der Waals surface area contributed by atoms with E-state index in [0.29, 0.717) is 44.1 Å². The molecule has 2 saturated heterocycles. The summed E-state index contributed by atoms with van der Waals surface area (Å²) in [5.74, 6) is -0.612. The molecule has 0 bridgehead atoms. The number of hydrogen-bond acceptors (Lipinski definition) is 12. The first-order chi connectivity index (χ1) is 23.6. The van der Waals surface area contributed by atoms with E-state index in [0.717, 1.165) is 57.9 Å². The molecule has 9 N–H and O–H groups in total. The summed E-state index contributed by atoms with van der Waals surface area (Å²) in [5, 5.41) is 59.5. The molecular weight excluding hydrogens is 634 g/mol. The van der Waals surface area contributed by atoms with E-state index in [2.05, 4.69) is 10.6 Å². The Bertz CT molecular complexity index is 966.